The van der Waals surface area contributed by atoms with Crippen LogP contribution in [0.15, 0.2) is 60.7 Å². The SMILES string of the molecule is CC(C)(C)OC(=O)CCOCCOCCOCCOCCOCCOCCOCCO[Si](c1ccccc1)(c1ccccc1)C(C)(C)C. The topological polar surface area (TPSA) is 100 Å². The van der Waals surface area contributed by atoms with Crippen LogP contribution in [0.5, 0.6) is 0 Å². The van der Waals surface area contributed by atoms with Crippen LogP contribution in [-0.2, 0) is 47.1 Å². The Labute approximate surface area is 289 Å². The van der Waals surface area contributed by atoms with Crippen LogP contribution < -0.4 is 10.4 Å². The van der Waals surface area contributed by atoms with Crippen molar-refractivity contribution in [2.24, 2.45) is 0 Å². The third kappa shape index (κ3) is 17.5. The highest BCUT2D eigenvalue weighted by atomic mass is 28.4. The lowest BCUT2D eigenvalue weighted by Gasteiger charge is -2.43. The smallest absolute Gasteiger partial charge is 0.308 e. The Morgan fingerprint density at radius 3 is 1.10 bits per heavy atom. The van der Waals surface area contributed by atoms with E-state index in [1.807, 2.05) is 20.8 Å². The third-order valence-corrected chi connectivity index (χ3v) is 12.1. The molecule has 0 radical (unpaired) electrons. The summed E-state index contributed by atoms with van der Waals surface area (Å²) in [5, 5.41) is 2.47. The van der Waals surface area contributed by atoms with E-state index in [4.69, 9.17) is 42.3 Å². The molecule has 0 saturated carbocycles. The summed E-state index contributed by atoms with van der Waals surface area (Å²) < 4.78 is 50.9. The molecular weight excluding hydrogens is 632 g/mol. The molecular formula is C37H60O10Si. The second-order valence-corrected chi connectivity index (χ2v) is 17.4. The molecule has 0 unspecified atom stereocenters. The van der Waals surface area contributed by atoms with E-state index in [1.165, 1.54) is 10.4 Å². The van der Waals surface area contributed by atoms with Gasteiger partial charge in [-0.25, -0.2) is 0 Å². The number of rotatable bonds is 27. The summed E-state index contributed by atoms with van der Waals surface area (Å²) in [5.41, 5.74) is -0.473. The van der Waals surface area contributed by atoms with Gasteiger partial charge in [0.2, 0.25) is 0 Å². The largest absolute Gasteiger partial charge is 0.460 e. The molecule has 0 aliphatic carbocycles. The third-order valence-electron chi connectivity index (χ3n) is 7.07. The summed E-state index contributed by atoms with van der Waals surface area (Å²) in [4.78, 5) is 11.6. The second kappa shape index (κ2) is 24.0. The Kier molecular flexibility index (Phi) is 21.0. The van der Waals surface area contributed by atoms with Crippen LogP contribution >= 0.6 is 0 Å². The molecule has 0 bridgehead atoms. The number of esters is 1. The van der Waals surface area contributed by atoms with Gasteiger partial charge in [-0.05, 0) is 36.2 Å². The van der Waals surface area contributed by atoms with Crippen LogP contribution in [0, 0.1) is 0 Å². The zero-order valence-electron chi connectivity index (χ0n) is 30.2. The lowest BCUT2D eigenvalue weighted by molar-refractivity contribution is -0.156. The molecule has 0 amide bonds. The first-order chi connectivity index (χ1) is 23.1. The predicted molar refractivity (Wildman–Crippen MR) is 190 cm³/mol. The van der Waals surface area contributed by atoms with Gasteiger partial charge in [0.15, 0.2) is 0 Å². The van der Waals surface area contributed by atoms with Crippen LogP contribution in [0.4, 0.5) is 0 Å². The monoisotopic (exact) mass is 692 g/mol. The standard InChI is InChI=1S/C37H60O10Si/c1-36(2,3)47-35(38)17-18-39-19-20-40-21-22-41-23-24-42-25-26-43-27-28-44-29-30-45-31-32-46-48(37(4,5)6,33-13-9-7-10-14-33)34-15-11-8-12-16-34/h7-16H,17-32H2,1-6H3. The van der Waals surface area contributed by atoms with E-state index in [9.17, 15) is 4.79 Å². The average molecular weight is 693 g/mol. The van der Waals surface area contributed by atoms with Crippen molar-refractivity contribution in [2.75, 3.05) is 99.1 Å². The Morgan fingerprint density at radius 1 is 0.479 bits per heavy atom. The Morgan fingerprint density at radius 2 is 0.792 bits per heavy atom. The van der Waals surface area contributed by atoms with E-state index in [0.717, 1.165) is 0 Å². The summed E-state index contributed by atoms with van der Waals surface area (Å²) in [5.74, 6) is -0.262. The highest BCUT2D eigenvalue weighted by Gasteiger charge is 2.50. The minimum atomic E-state index is -2.54. The summed E-state index contributed by atoms with van der Waals surface area (Å²) in [6, 6.07) is 21.3. The van der Waals surface area contributed by atoms with Crippen LogP contribution in [0.25, 0.3) is 0 Å². The fourth-order valence-electron chi connectivity index (χ4n) is 4.98. The molecule has 272 valence electrons. The van der Waals surface area contributed by atoms with E-state index in [0.29, 0.717) is 99.1 Å². The molecule has 0 N–H and O–H groups in total. The van der Waals surface area contributed by atoms with Crippen LogP contribution in [0.1, 0.15) is 48.0 Å². The van der Waals surface area contributed by atoms with Crippen molar-refractivity contribution in [3.8, 4) is 0 Å². The Bertz CT molecular complexity index is 1030. The fourth-order valence-corrected chi connectivity index (χ4v) is 9.53. The maximum absolute atomic E-state index is 11.6. The van der Waals surface area contributed by atoms with Crippen molar-refractivity contribution < 1.29 is 47.1 Å². The molecule has 48 heavy (non-hydrogen) atoms. The molecule has 0 aliphatic rings. The van der Waals surface area contributed by atoms with Crippen molar-refractivity contribution in [2.45, 2.75) is 58.6 Å². The highest BCUT2D eigenvalue weighted by molar-refractivity contribution is 6.99. The van der Waals surface area contributed by atoms with E-state index < -0.39 is 13.9 Å². The molecule has 2 aromatic carbocycles. The molecule has 2 aromatic rings. The molecule has 0 aliphatic heterocycles. The van der Waals surface area contributed by atoms with Crippen LogP contribution in [-0.4, -0.2) is 119 Å². The van der Waals surface area contributed by atoms with Crippen molar-refractivity contribution in [1.29, 1.82) is 0 Å². The molecule has 10 nitrogen and oxygen atoms in total. The quantitative estimate of drug-likeness (QED) is 0.0761. The predicted octanol–water partition coefficient (Wildman–Crippen LogP) is 4.41. The van der Waals surface area contributed by atoms with Gasteiger partial charge in [-0.3, -0.25) is 4.79 Å². The molecule has 0 aromatic heterocycles. The average Bonchev–Trinajstić information content (AvgIpc) is 3.04. The molecule has 0 atom stereocenters. The van der Waals surface area contributed by atoms with E-state index in [-0.39, 0.29) is 17.4 Å². The second-order valence-electron chi connectivity index (χ2n) is 13.1. The first-order valence-electron chi connectivity index (χ1n) is 17.1. The van der Waals surface area contributed by atoms with Gasteiger partial charge >= 0.3 is 5.97 Å². The van der Waals surface area contributed by atoms with Gasteiger partial charge in [-0.1, -0.05) is 81.4 Å². The first-order valence-corrected chi connectivity index (χ1v) is 19.0. The summed E-state index contributed by atoms with van der Waals surface area (Å²) in [7, 11) is -2.54. The lowest BCUT2D eigenvalue weighted by Crippen LogP contribution is -2.66. The minimum absolute atomic E-state index is 0.0574. The van der Waals surface area contributed by atoms with Crippen molar-refractivity contribution >= 4 is 24.7 Å². The molecule has 0 saturated heterocycles. The van der Waals surface area contributed by atoms with Crippen molar-refractivity contribution in [3.05, 3.63) is 60.7 Å². The highest BCUT2D eigenvalue weighted by Crippen LogP contribution is 2.36. The van der Waals surface area contributed by atoms with E-state index >= 15 is 0 Å². The maximum Gasteiger partial charge on any atom is 0.308 e. The summed E-state index contributed by atoms with van der Waals surface area (Å²) in [6.07, 6.45) is 0.234. The first kappa shape index (κ1) is 42.0. The van der Waals surface area contributed by atoms with Crippen LogP contribution in [0.2, 0.25) is 5.04 Å². The van der Waals surface area contributed by atoms with Crippen molar-refractivity contribution in [3.63, 3.8) is 0 Å². The van der Waals surface area contributed by atoms with E-state index in [2.05, 4.69) is 81.4 Å². The number of benzene rings is 2. The van der Waals surface area contributed by atoms with Gasteiger partial charge in [0, 0.05) is 0 Å². The van der Waals surface area contributed by atoms with Gasteiger partial charge in [0.05, 0.1) is 106 Å². The van der Waals surface area contributed by atoms with Gasteiger partial charge in [0.25, 0.3) is 8.32 Å². The maximum atomic E-state index is 11.6. The number of ether oxygens (including phenoxy) is 8. The normalized spacial score (nSPS) is 12.4. The number of hydrogen-bond donors (Lipinski definition) is 0. The van der Waals surface area contributed by atoms with Crippen LogP contribution in [0.3, 0.4) is 0 Å². The molecule has 0 spiro atoms. The zero-order chi connectivity index (χ0) is 35.0. The molecule has 0 heterocycles. The number of hydrogen-bond acceptors (Lipinski definition) is 10. The van der Waals surface area contributed by atoms with E-state index in [1.54, 1.807) is 0 Å². The van der Waals surface area contributed by atoms with Gasteiger partial charge in [-0.2, -0.15) is 0 Å². The Hall–Kier alpha value is -2.19. The van der Waals surface area contributed by atoms with Gasteiger partial charge < -0.3 is 42.3 Å². The van der Waals surface area contributed by atoms with Gasteiger partial charge in [0.1, 0.15) is 5.60 Å². The summed E-state index contributed by atoms with van der Waals surface area (Å²) in [6.45, 7) is 19.5. The summed E-state index contributed by atoms with van der Waals surface area (Å²) >= 11 is 0. The molecule has 0 fully saturated rings. The zero-order valence-corrected chi connectivity index (χ0v) is 31.2. The fraction of sp³-hybridized carbons (Fsp3) is 0.649. The minimum Gasteiger partial charge on any atom is -0.460 e. The van der Waals surface area contributed by atoms with Gasteiger partial charge in [-0.15, -0.1) is 0 Å². The van der Waals surface area contributed by atoms with Crippen molar-refractivity contribution in [1.82, 2.24) is 0 Å². The number of carbonyl (C=O) groups is 1. The molecule has 2 rings (SSSR count). The Balaban J connectivity index is 1.40. The number of carbonyl (C=O) groups excluding carboxylic acids is 1. The molecule has 11 heteroatoms. The lowest BCUT2D eigenvalue weighted by atomic mass is 10.2.